The van der Waals surface area contributed by atoms with Crippen molar-refractivity contribution in [3.63, 3.8) is 0 Å². The van der Waals surface area contributed by atoms with E-state index < -0.39 is 12.2 Å². The van der Waals surface area contributed by atoms with Gasteiger partial charge in [-0.25, -0.2) is 0 Å². The van der Waals surface area contributed by atoms with E-state index >= 15 is 0 Å². The Hall–Kier alpha value is -3.68. The molecule has 4 rings (SSSR count). The minimum Gasteiger partial charge on any atom is -0.387 e. The Balaban J connectivity index is 1.14. The van der Waals surface area contributed by atoms with E-state index in [1.807, 2.05) is 84.9 Å². The van der Waals surface area contributed by atoms with E-state index in [1.165, 1.54) is 11.1 Å². The average Bonchev–Trinajstić information content (AvgIpc) is 2.98. The van der Waals surface area contributed by atoms with Crippen molar-refractivity contribution in [2.24, 2.45) is 10.2 Å². The van der Waals surface area contributed by atoms with Crippen LogP contribution in [-0.4, -0.2) is 36.4 Å². The zero-order valence-electron chi connectivity index (χ0n) is 21.6. The van der Waals surface area contributed by atoms with Gasteiger partial charge in [0.15, 0.2) is 0 Å². The molecule has 0 aliphatic heterocycles. The largest absolute Gasteiger partial charge is 0.387 e. The smallest absolute Gasteiger partial charge is 0.0914 e. The summed E-state index contributed by atoms with van der Waals surface area (Å²) in [6.45, 7) is 2.65. The molecule has 6 nitrogen and oxygen atoms in total. The fourth-order valence-corrected chi connectivity index (χ4v) is 4.10. The van der Waals surface area contributed by atoms with Crippen LogP contribution in [0.5, 0.6) is 0 Å². The molecule has 4 N–H and O–H groups in total. The van der Waals surface area contributed by atoms with Gasteiger partial charge < -0.3 is 20.8 Å². The summed E-state index contributed by atoms with van der Waals surface area (Å²) < 4.78 is 0. The average molecular weight is 509 g/mol. The Bertz CT molecular complexity index is 1130. The number of hydrogen-bond donors (Lipinski definition) is 4. The molecular formula is C32H36N4O2. The first-order chi connectivity index (χ1) is 18.7. The Morgan fingerprint density at radius 1 is 0.500 bits per heavy atom. The molecule has 38 heavy (non-hydrogen) atoms. The summed E-state index contributed by atoms with van der Waals surface area (Å²) in [7, 11) is 0. The normalized spacial score (nSPS) is 13.0. The summed E-state index contributed by atoms with van der Waals surface area (Å²) in [5.74, 6) is 0. The van der Waals surface area contributed by atoms with E-state index in [9.17, 15) is 10.2 Å². The third-order valence-electron chi connectivity index (χ3n) is 6.38. The van der Waals surface area contributed by atoms with Crippen LogP contribution in [0.2, 0.25) is 0 Å². The first-order valence-corrected chi connectivity index (χ1v) is 13.1. The second-order valence-corrected chi connectivity index (χ2v) is 9.29. The second kappa shape index (κ2) is 14.9. The third kappa shape index (κ3) is 9.01. The van der Waals surface area contributed by atoms with E-state index in [1.54, 1.807) is 0 Å². The third-order valence-corrected chi connectivity index (χ3v) is 6.38. The van der Waals surface area contributed by atoms with Crippen LogP contribution in [0.3, 0.4) is 0 Å². The van der Waals surface area contributed by atoms with Crippen LogP contribution in [0.4, 0.5) is 11.4 Å². The molecule has 4 aromatic rings. The molecule has 0 saturated carbocycles. The monoisotopic (exact) mass is 508 g/mol. The van der Waals surface area contributed by atoms with Crippen molar-refractivity contribution in [1.82, 2.24) is 10.6 Å². The summed E-state index contributed by atoms with van der Waals surface area (Å²) in [4.78, 5) is 0. The minimum atomic E-state index is -0.497. The maximum atomic E-state index is 10.2. The van der Waals surface area contributed by atoms with Gasteiger partial charge in [-0.15, -0.1) is 0 Å². The SMILES string of the molecule is O[C@@H](CNCCc1ccc(N=Nc2ccc(CCNC[C@H](O)c3ccccc3)cc2)cc1)c1ccccc1. The van der Waals surface area contributed by atoms with Gasteiger partial charge in [0.05, 0.1) is 23.6 Å². The highest BCUT2D eigenvalue weighted by molar-refractivity contribution is 5.42. The summed E-state index contributed by atoms with van der Waals surface area (Å²) in [6, 6.07) is 35.6. The van der Waals surface area contributed by atoms with Crippen LogP contribution in [0.25, 0.3) is 0 Å². The molecule has 0 saturated heterocycles. The molecule has 0 unspecified atom stereocenters. The lowest BCUT2D eigenvalue weighted by Gasteiger charge is -2.12. The number of azo groups is 1. The van der Waals surface area contributed by atoms with Crippen molar-refractivity contribution in [2.75, 3.05) is 26.2 Å². The molecule has 196 valence electrons. The van der Waals surface area contributed by atoms with Crippen LogP contribution < -0.4 is 10.6 Å². The molecule has 0 aromatic heterocycles. The predicted octanol–water partition coefficient (Wildman–Crippen LogP) is 5.83. The van der Waals surface area contributed by atoms with Crippen molar-refractivity contribution in [3.05, 3.63) is 131 Å². The number of nitrogens with one attached hydrogen (secondary N) is 2. The van der Waals surface area contributed by atoms with Gasteiger partial charge in [-0.3, -0.25) is 0 Å². The standard InChI is InChI=1S/C32H36N4O2/c37-31(27-7-3-1-4-8-27)23-33-21-19-25-11-15-29(16-12-25)35-36-30-17-13-26(14-18-30)20-22-34-24-32(38)28-9-5-2-6-10-28/h1-18,31-34,37-38H,19-24H2/t31-,32-/m0/s1. The lowest BCUT2D eigenvalue weighted by molar-refractivity contribution is 0.175. The van der Waals surface area contributed by atoms with Crippen molar-refractivity contribution < 1.29 is 10.2 Å². The fourth-order valence-electron chi connectivity index (χ4n) is 4.10. The number of nitrogens with zero attached hydrogens (tertiary/aromatic N) is 2. The van der Waals surface area contributed by atoms with Crippen LogP contribution in [0, 0.1) is 0 Å². The van der Waals surface area contributed by atoms with Gasteiger partial charge in [-0.1, -0.05) is 84.9 Å². The number of rotatable bonds is 14. The summed E-state index contributed by atoms with van der Waals surface area (Å²) in [5.41, 5.74) is 5.89. The van der Waals surface area contributed by atoms with Gasteiger partial charge >= 0.3 is 0 Å². The summed E-state index contributed by atoms with van der Waals surface area (Å²) in [5, 5.41) is 35.8. The van der Waals surface area contributed by atoms with Gasteiger partial charge in [0.25, 0.3) is 0 Å². The lowest BCUT2D eigenvalue weighted by Crippen LogP contribution is -2.23. The molecule has 6 heteroatoms. The van der Waals surface area contributed by atoms with E-state index in [-0.39, 0.29) is 0 Å². The molecule has 0 spiro atoms. The van der Waals surface area contributed by atoms with E-state index in [2.05, 4.69) is 45.1 Å². The highest BCUT2D eigenvalue weighted by Gasteiger charge is 2.06. The molecule has 2 atom stereocenters. The lowest BCUT2D eigenvalue weighted by atomic mass is 10.1. The van der Waals surface area contributed by atoms with E-state index in [0.717, 1.165) is 48.4 Å². The number of aliphatic hydroxyl groups excluding tert-OH is 2. The Morgan fingerprint density at radius 3 is 1.24 bits per heavy atom. The summed E-state index contributed by atoms with van der Waals surface area (Å²) >= 11 is 0. The predicted molar refractivity (Wildman–Crippen MR) is 153 cm³/mol. The Labute approximate surface area is 225 Å². The molecule has 0 fully saturated rings. The topological polar surface area (TPSA) is 89.2 Å². The van der Waals surface area contributed by atoms with Crippen LogP contribution >= 0.6 is 0 Å². The first kappa shape index (κ1) is 27.4. The van der Waals surface area contributed by atoms with Crippen LogP contribution in [0.15, 0.2) is 119 Å². The van der Waals surface area contributed by atoms with Gasteiger partial charge in [0.1, 0.15) is 0 Å². The Kier molecular flexibility index (Phi) is 10.7. The van der Waals surface area contributed by atoms with Crippen molar-refractivity contribution in [1.29, 1.82) is 0 Å². The number of aliphatic hydroxyl groups is 2. The van der Waals surface area contributed by atoms with Gasteiger partial charge in [0, 0.05) is 13.1 Å². The molecule has 0 aliphatic rings. The van der Waals surface area contributed by atoms with Crippen LogP contribution in [-0.2, 0) is 12.8 Å². The molecule has 0 amide bonds. The number of hydrogen-bond acceptors (Lipinski definition) is 6. The van der Waals surface area contributed by atoms with Crippen molar-refractivity contribution in [3.8, 4) is 0 Å². The molecule has 0 aliphatic carbocycles. The molecular weight excluding hydrogens is 472 g/mol. The zero-order valence-corrected chi connectivity index (χ0v) is 21.6. The highest BCUT2D eigenvalue weighted by Crippen LogP contribution is 2.20. The summed E-state index contributed by atoms with van der Waals surface area (Å²) in [6.07, 6.45) is 0.758. The second-order valence-electron chi connectivity index (χ2n) is 9.29. The van der Waals surface area contributed by atoms with Gasteiger partial charge in [-0.05, 0) is 72.5 Å². The van der Waals surface area contributed by atoms with Crippen molar-refractivity contribution in [2.45, 2.75) is 25.0 Å². The molecule has 0 bridgehead atoms. The maximum Gasteiger partial charge on any atom is 0.0914 e. The fraction of sp³-hybridized carbons (Fsp3) is 0.250. The molecule has 4 aromatic carbocycles. The quantitative estimate of drug-likeness (QED) is 0.127. The van der Waals surface area contributed by atoms with Crippen LogP contribution in [0.1, 0.15) is 34.5 Å². The molecule has 0 heterocycles. The van der Waals surface area contributed by atoms with E-state index in [4.69, 9.17) is 0 Å². The molecule has 0 radical (unpaired) electrons. The highest BCUT2D eigenvalue weighted by atomic mass is 16.3. The van der Waals surface area contributed by atoms with Crippen molar-refractivity contribution >= 4 is 11.4 Å². The first-order valence-electron chi connectivity index (χ1n) is 13.1. The Morgan fingerprint density at radius 2 is 0.868 bits per heavy atom. The zero-order chi connectivity index (χ0) is 26.4. The van der Waals surface area contributed by atoms with Gasteiger partial charge in [-0.2, -0.15) is 10.2 Å². The number of benzene rings is 4. The van der Waals surface area contributed by atoms with Gasteiger partial charge in [0.2, 0.25) is 0 Å². The maximum absolute atomic E-state index is 10.2. The minimum absolute atomic E-state index is 0.497. The van der Waals surface area contributed by atoms with E-state index in [0.29, 0.717) is 13.1 Å².